The lowest BCUT2D eigenvalue weighted by Crippen LogP contribution is -2.10. The van der Waals surface area contributed by atoms with Crippen LogP contribution in [-0.4, -0.2) is 12.6 Å². The molecule has 0 radical (unpaired) electrons. The van der Waals surface area contributed by atoms with Crippen molar-refractivity contribution >= 4 is 35.2 Å². The molecule has 1 saturated carbocycles. The Bertz CT molecular complexity index is 884. The molecule has 28 heavy (non-hydrogen) atoms. The molecule has 0 amide bonds. The molecule has 2 aromatic carbocycles. The van der Waals surface area contributed by atoms with E-state index in [9.17, 15) is 4.79 Å². The van der Waals surface area contributed by atoms with Crippen molar-refractivity contribution in [1.29, 1.82) is 0 Å². The molecule has 0 bridgehead atoms. The van der Waals surface area contributed by atoms with Gasteiger partial charge >= 0.3 is 5.97 Å². The van der Waals surface area contributed by atoms with E-state index in [1.54, 1.807) is 6.08 Å². The summed E-state index contributed by atoms with van der Waals surface area (Å²) in [5, 5.41) is 0. The predicted molar refractivity (Wildman–Crippen MR) is 114 cm³/mol. The molecule has 0 heterocycles. The number of halogens is 2. The maximum absolute atomic E-state index is 12.3. The molecule has 0 aromatic heterocycles. The van der Waals surface area contributed by atoms with Gasteiger partial charge < -0.3 is 9.47 Å². The van der Waals surface area contributed by atoms with Gasteiger partial charge in [-0.25, -0.2) is 0 Å². The molecule has 2 atom stereocenters. The van der Waals surface area contributed by atoms with E-state index in [2.05, 4.69) is 0 Å². The highest BCUT2D eigenvalue weighted by molar-refractivity contribution is 6.55. The zero-order valence-corrected chi connectivity index (χ0v) is 17.3. The van der Waals surface area contributed by atoms with Crippen LogP contribution in [0.5, 0.6) is 11.5 Å². The zero-order chi connectivity index (χ0) is 20.1. The largest absolute Gasteiger partial charge is 0.461 e. The first-order valence-electron chi connectivity index (χ1n) is 9.07. The molecule has 146 valence electrons. The van der Waals surface area contributed by atoms with Crippen LogP contribution in [-0.2, 0) is 9.53 Å². The molecule has 3 nitrogen and oxygen atoms in total. The summed E-state index contributed by atoms with van der Waals surface area (Å²) < 4.78 is 11.4. The highest BCUT2D eigenvalue weighted by atomic mass is 35.5. The smallest absolute Gasteiger partial charge is 0.310 e. The van der Waals surface area contributed by atoms with E-state index in [-0.39, 0.29) is 34.3 Å². The lowest BCUT2D eigenvalue weighted by Gasteiger charge is -2.06. The lowest BCUT2D eigenvalue weighted by atomic mass is 10.1. The Morgan fingerprint density at radius 1 is 1.07 bits per heavy atom. The van der Waals surface area contributed by atoms with Gasteiger partial charge in [-0.15, -0.1) is 0 Å². The quantitative estimate of drug-likeness (QED) is 0.475. The molecule has 0 spiro atoms. The normalized spacial score (nSPS) is 19.9. The van der Waals surface area contributed by atoms with Crippen molar-refractivity contribution in [3.8, 4) is 11.5 Å². The van der Waals surface area contributed by atoms with Gasteiger partial charge in [-0.1, -0.05) is 73.5 Å². The minimum absolute atomic E-state index is 0.0146. The highest BCUT2D eigenvalue weighted by Gasteiger charge is 2.61. The van der Waals surface area contributed by atoms with E-state index in [4.69, 9.17) is 32.7 Å². The number of para-hydroxylation sites is 1. The predicted octanol–water partition coefficient (Wildman–Crippen LogP) is 6.63. The Morgan fingerprint density at radius 3 is 2.50 bits per heavy atom. The maximum atomic E-state index is 12.3. The molecular formula is C23H22Cl2O3. The van der Waals surface area contributed by atoms with Gasteiger partial charge in [-0.05, 0) is 53.3 Å². The van der Waals surface area contributed by atoms with Gasteiger partial charge in [-0.2, -0.15) is 0 Å². The van der Waals surface area contributed by atoms with Gasteiger partial charge in [0.15, 0.2) is 0 Å². The summed E-state index contributed by atoms with van der Waals surface area (Å²) in [6, 6.07) is 17.3. The number of esters is 1. The number of rotatable bonds is 7. The number of hydrogen-bond acceptors (Lipinski definition) is 3. The molecule has 1 fully saturated rings. The second-order valence-electron chi connectivity index (χ2n) is 7.30. The summed E-state index contributed by atoms with van der Waals surface area (Å²) in [6.07, 6.45) is 5.42. The van der Waals surface area contributed by atoms with Gasteiger partial charge in [-0.3, -0.25) is 4.79 Å². The molecule has 3 rings (SSSR count). The fourth-order valence-corrected chi connectivity index (χ4v) is 3.56. The average molecular weight is 417 g/mol. The minimum Gasteiger partial charge on any atom is -0.461 e. The van der Waals surface area contributed by atoms with Crippen molar-refractivity contribution in [1.82, 2.24) is 0 Å². The molecule has 1 aliphatic rings. The molecule has 1 aliphatic carbocycles. The van der Waals surface area contributed by atoms with Gasteiger partial charge in [0.25, 0.3) is 0 Å². The number of allylic oxidation sites excluding steroid dienone is 1. The average Bonchev–Trinajstić information content (AvgIpc) is 3.19. The Kier molecular flexibility index (Phi) is 6.48. The fourth-order valence-electron chi connectivity index (χ4n) is 3.29. The monoisotopic (exact) mass is 416 g/mol. The van der Waals surface area contributed by atoms with E-state index in [0.717, 1.165) is 17.1 Å². The van der Waals surface area contributed by atoms with Crippen molar-refractivity contribution in [2.45, 2.75) is 13.8 Å². The van der Waals surface area contributed by atoms with Crippen LogP contribution in [0.1, 0.15) is 19.4 Å². The van der Waals surface area contributed by atoms with E-state index in [0.29, 0.717) is 0 Å². The lowest BCUT2D eigenvalue weighted by molar-refractivity contribution is -0.144. The summed E-state index contributed by atoms with van der Waals surface area (Å²) >= 11 is 11.4. The third-order valence-corrected chi connectivity index (χ3v) is 5.19. The van der Waals surface area contributed by atoms with Crippen molar-refractivity contribution in [3.05, 3.63) is 76.8 Å². The summed E-state index contributed by atoms with van der Waals surface area (Å²) in [5.74, 6) is 1.10. The first kappa shape index (κ1) is 20.5. The first-order chi connectivity index (χ1) is 13.4. The number of carbonyl (C=O) groups is 1. The van der Waals surface area contributed by atoms with E-state index in [1.165, 1.54) is 0 Å². The molecule has 5 heteroatoms. The Labute approximate surface area is 175 Å². The van der Waals surface area contributed by atoms with E-state index >= 15 is 0 Å². The van der Waals surface area contributed by atoms with Crippen LogP contribution >= 0.6 is 23.2 Å². The first-order valence-corrected chi connectivity index (χ1v) is 9.82. The van der Waals surface area contributed by atoms with Crippen LogP contribution in [0.4, 0.5) is 0 Å². The van der Waals surface area contributed by atoms with E-state index < -0.39 is 0 Å². The maximum Gasteiger partial charge on any atom is 0.310 e. The van der Waals surface area contributed by atoms with Gasteiger partial charge in [0.1, 0.15) is 22.6 Å². The number of benzene rings is 2. The standard InChI is InChI=1S/C23H22Cl2O3/c1-23(2)19(15-20(24)25)21(23)22(26)27-13-7-9-16-8-6-12-18(14-16)28-17-10-4-3-5-11-17/h3-12,14-15,19,21H,13H2,1-2H3. The third-order valence-electron chi connectivity index (χ3n) is 4.94. The third kappa shape index (κ3) is 5.18. The van der Waals surface area contributed by atoms with Gasteiger partial charge in [0.2, 0.25) is 0 Å². The second kappa shape index (κ2) is 8.85. The summed E-state index contributed by atoms with van der Waals surface area (Å²) in [7, 11) is 0. The van der Waals surface area contributed by atoms with Gasteiger partial charge in [0.05, 0.1) is 5.92 Å². The zero-order valence-electron chi connectivity index (χ0n) is 15.8. The number of hydrogen-bond donors (Lipinski definition) is 0. The molecule has 0 saturated heterocycles. The van der Waals surface area contributed by atoms with Crippen molar-refractivity contribution in [3.63, 3.8) is 0 Å². The molecule has 2 unspecified atom stereocenters. The fraction of sp³-hybridized carbons (Fsp3) is 0.261. The highest BCUT2D eigenvalue weighted by Crippen LogP contribution is 2.60. The van der Waals surface area contributed by atoms with Crippen LogP contribution < -0.4 is 4.74 Å². The Balaban J connectivity index is 1.52. The molecule has 2 aromatic rings. The van der Waals surface area contributed by atoms with Crippen molar-refractivity contribution in [2.24, 2.45) is 17.3 Å². The minimum atomic E-state index is -0.230. The number of ether oxygens (including phenoxy) is 2. The Morgan fingerprint density at radius 2 is 1.79 bits per heavy atom. The Hall–Kier alpha value is -2.23. The van der Waals surface area contributed by atoms with Crippen LogP contribution in [0.15, 0.2) is 71.2 Å². The molecule has 0 N–H and O–H groups in total. The van der Waals surface area contributed by atoms with Crippen LogP contribution in [0.25, 0.3) is 6.08 Å². The van der Waals surface area contributed by atoms with Crippen molar-refractivity contribution in [2.75, 3.05) is 6.61 Å². The van der Waals surface area contributed by atoms with Crippen LogP contribution in [0.2, 0.25) is 0 Å². The topological polar surface area (TPSA) is 35.5 Å². The molecular weight excluding hydrogens is 395 g/mol. The summed E-state index contributed by atoms with van der Waals surface area (Å²) in [6.45, 7) is 4.22. The van der Waals surface area contributed by atoms with Crippen LogP contribution in [0, 0.1) is 17.3 Å². The number of carbonyl (C=O) groups excluding carboxylic acids is 1. The summed E-state index contributed by atoms with van der Waals surface area (Å²) in [4.78, 5) is 12.3. The van der Waals surface area contributed by atoms with Gasteiger partial charge in [0, 0.05) is 0 Å². The molecule has 0 aliphatic heterocycles. The second-order valence-corrected chi connectivity index (χ2v) is 8.31. The SMILES string of the molecule is CC1(C)C(C=C(Cl)Cl)C1C(=O)OCC=Cc1cccc(Oc2ccccc2)c1. The van der Waals surface area contributed by atoms with E-state index in [1.807, 2.05) is 80.6 Å². The summed E-state index contributed by atoms with van der Waals surface area (Å²) in [5.41, 5.74) is 0.782. The van der Waals surface area contributed by atoms with Crippen molar-refractivity contribution < 1.29 is 14.3 Å². The van der Waals surface area contributed by atoms with Crippen LogP contribution in [0.3, 0.4) is 0 Å².